The maximum absolute atomic E-state index is 9.60. The highest BCUT2D eigenvalue weighted by Gasteiger charge is 2.59. The molecule has 1 heterocycles. The van der Waals surface area contributed by atoms with E-state index in [1.54, 1.807) is 12.5 Å². The Hall–Kier alpha value is -1.45. The number of hydrogen-bond donors (Lipinski definition) is 1. The highest BCUT2D eigenvalue weighted by atomic mass is 32.2. The molecule has 0 aromatic heterocycles. The molecular weight excluding hydrogens is 482 g/mol. The lowest BCUT2D eigenvalue weighted by atomic mass is 9.45. The van der Waals surface area contributed by atoms with Crippen LogP contribution in [0.4, 0.5) is 5.69 Å². The Bertz CT molecular complexity index is 1110. The van der Waals surface area contributed by atoms with E-state index in [1.165, 1.54) is 50.5 Å². The van der Waals surface area contributed by atoms with Crippen LogP contribution in [0, 0.1) is 40.4 Å². The molecule has 0 bridgehead atoms. The molecule has 1 aromatic carbocycles. The van der Waals surface area contributed by atoms with E-state index in [0.717, 1.165) is 52.5 Å². The normalized spacial score (nSPS) is 37.8. The quantitative estimate of drug-likeness (QED) is 0.382. The molecule has 4 aliphatic rings. The van der Waals surface area contributed by atoms with Gasteiger partial charge in [0, 0.05) is 6.42 Å². The summed E-state index contributed by atoms with van der Waals surface area (Å²) in [4.78, 5) is 4.59. The fourth-order valence-electron chi connectivity index (χ4n) is 9.36. The molecule has 1 aromatic rings. The SMILES string of the molecule is C=C/C=C1/CCC2C(C(C)CC3(C)C(C)CCC23)C1(C)CCC.CCS(C1=Nc2ccccc2C1)=C(C)O. The maximum atomic E-state index is 9.60. The molecule has 2 nitrogen and oxygen atoms in total. The predicted molar refractivity (Wildman–Crippen MR) is 170 cm³/mol. The van der Waals surface area contributed by atoms with Gasteiger partial charge >= 0.3 is 0 Å². The zero-order chi connectivity index (χ0) is 27.7. The first-order chi connectivity index (χ1) is 18.1. The minimum Gasteiger partial charge on any atom is -0.359 e. The first kappa shape index (κ1) is 29.5. The zero-order valence-electron chi connectivity index (χ0n) is 25.2. The van der Waals surface area contributed by atoms with Gasteiger partial charge in [-0.3, -0.25) is 0 Å². The van der Waals surface area contributed by atoms with Crippen molar-refractivity contribution < 1.29 is 5.11 Å². The molecule has 5 rings (SSSR count). The molecule has 0 amide bonds. The molecule has 0 spiro atoms. The minimum atomic E-state index is -0.163. The standard InChI is InChI=1S/C23H38.C12H15NOS/c1-7-9-18-11-12-19-20-13-10-17(4)23(20,6)15-16(3)21(19)22(18,5)14-8-2;1-3-15(9(2)14)12-8-10-6-4-5-7-11(10)13-12/h7,9,16-17,19-21H,1,8,10-15H2,2-6H3;4-7,14H,3,8H2,1-2H3/b18-9-;. The van der Waals surface area contributed by atoms with Crippen LogP contribution in [0.15, 0.2) is 53.6 Å². The maximum Gasteiger partial charge on any atom is 0.0749 e. The Balaban J connectivity index is 0.000000194. The first-order valence-corrected chi connectivity index (χ1v) is 16.7. The molecule has 210 valence electrons. The number of aliphatic hydroxyl groups excluding tert-OH is 1. The molecule has 3 fully saturated rings. The van der Waals surface area contributed by atoms with Crippen LogP contribution in [0.1, 0.15) is 99.0 Å². The van der Waals surface area contributed by atoms with Crippen LogP contribution >= 0.6 is 10.5 Å². The van der Waals surface area contributed by atoms with E-state index in [-0.39, 0.29) is 10.5 Å². The van der Waals surface area contributed by atoms with Crippen molar-refractivity contribution in [2.24, 2.45) is 45.4 Å². The summed E-state index contributed by atoms with van der Waals surface area (Å²) < 4.78 is 0. The number of aliphatic imine (C=N–C) groups is 1. The van der Waals surface area contributed by atoms with Crippen LogP contribution in [0.25, 0.3) is 0 Å². The summed E-state index contributed by atoms with van der Waals surface area (Å²) in [6.45, 7) is 20.6. The fraction of sp³-hybridized carbons (Fsp3) is 0.657. The van der Waals surface area contributed by atoms with Crippen molar-refractivity contribution in [1.82, 2.24) is 0 Å². The van der Waals surface area contributed by atoms with E-state index < -0.39 is 0 Å². The second-order valence-electron chi connectivity index (χ2n) is 13.1. The molecule has 8 atom stereocenters. The largest absolute Gasteiger partial charge is 0.359 e. The van der Waals surface area contributed by atoms with E-state index in [1.807, 2.05) is 24.3 Å². The molecule has 8 unspecified atom stereocenters. The molecule has 0 radical (unpaired) electrons. The highest BCUT2D eigenvalue weighted by molar-refractivity contribution is 8.28. The molecule has 1 aliphatic heterocycles. The summed E-state index contributed by atoms with van der Waals surface area (Å²) in [5.74, 6) is 5.58. The molecule has 1 N–H and O–H groups in total. The van der Waals surface area contributed by atoms with Gasteiger partial charge in [-0.25, -0.2) is 4.99 Å². The molecule has 0 saturated heterocycles. The number of benzene rings is 1. The van der Waals surface area contributed by atoms with Crippen LogP contribution in [0.2, 0.25) is 0 Å². The van der Waals surface area contributed by atoms with Gasteiger partial charge in [0.1, 0.15) is 0 Å². The van der Waals surface area contributed by atoms with Crippen LogP contribution in [-0.2, 0) is 6.42 Å². The molecule has 38 heavy (non-hydrogen) atoms. The number of fused-ring (bicyclic) bond motifs is 4. The monoisotopic (exact) mass is 535 g/mol. The third kappa shape index (κ3) is 5.31. The lowest BCUT2D eigenvalue weighted by Crippen LogP contribution is -2.52. The Morgan fingerprint density at radius 3 is 2.53 bits per heavy atom. The van der Waals surface area contributed by atoms with Crippen LogP contribution in [0.3, 0.4) is 0 Å². The van der Waals surface area contributed by atoms with Gasteiger partial charge in [0.15, 0.2) is 0 Å². The lowest BCUT2D eigenvalue weighted by molar-refractivity contribution is -0.0814. The Morgan fingerprint density at radius 1 is 1.16 bits per heavy atom. The number of nitrogens with zero attached hydrogens (tertiary/aromatic N) is 1. The van der Waals surface area contributed by atoms with Gasteiger partial charge in [-0.1, -0.05) is 90.5 Å². The second-order valence-corrected chi connectivity index (χ2v) is 15.5. The van der Waals surface area contributed by atoms with Crippen LogP contribution in [-0.4, -0.2) is 21.0 Å². The van der Waals surface area contributed by atoms with Gasteiger partial charge in [0.2, 0.25) is 0 Å². The third-order valence-corrected chi connectivity index (χ3v) is 13.1. The molecular formula is C35H53NOS. The number of para-hydroxylation sites is 1. The number of aliphatic hydroxyl groups is 1. The van der Waals surface area contributed by atoms with Crippen LogP contribution in [0.5, 0.6) is 0 Å². The van der Waals surface area contributed by atoms with Crippen molar-refractivity contribution in [3.05, 3.63) is 54.1 Å². The van der Waals surface area contributed by atoms with Gasteiger partial charge in [-0.15, -0.1) is 10.5 Å². The summed E-state index contributed by atoms with van der Waals surface area (Å²) in [5.41, 5.74) is 5.09. The van der Waals surface area contributed by atoms with Gasteiger partial charge in [-0.05, 0) is 103 Å². The smallest absolute Gasteiger partial charge is 0.0749 e. The van der Waals surface area contributed by atoms with Crippen molar-refractivity contribution in [2.45, 2.75) is 99.8 Å². The number of allylic oxidation sites excluding steroid dienone is 3. The lowest BCUT2D eigenvalue weighted by Gasteiger charge is -2.60. The van der Waals surface area contributed by atoms with Gasteiger partial charge < -0.3 is 5.11 Å². The molecule has 3 heteroatoms. The number of hydrogen-bond acceptors (Lipinski definition) is 1. The Kier molecular flexibility index (Phi) is 9.30. The summed E-state index contributed by atoms with van der Waals surface area (Å²) in [6, 6.07) is 8.18. The number of rotatable bonds is 4. The fourth-order valence-corrected chi connectivity index (χ4v) is 11.0. The molecule has 3 aliphatic carbocycles. The summed E-state index contributed by atoms with van der Waals surface area (Å²) in [6.07, 6.45) is 15.1. The van der Waals surface area contributed by atoms with Crippen LogP contribution < -0.4 is 0 Å². The van der Waals surface area contributed by atoms with E-state index in [2.05, 4.69) is 65.3 Å². The van der Waals surface area contributed by atoms with Crippen molar-refractivity contribution in [3.63, 3.8) is 0 Å². The predicted octanol–water partition coefficient (Wildman–Crippen LogP) is 10.3. The highest BCUT2D eigenvalue weighted by Crippen LogP contribution is 2.67. The average molecular weight is 536 g/mol. The Morgan fingerprint density at radius 2 is 1.89 bits per heavy atom. The van der Waals surface area contributed by atoms with E-state index in [9.17, 15) is 5.11 Å². The van der Waals surface area contributed by atoms with Gasteiger partial charge in [-0.2, -0.15) is 0 Å². The summed E-state index contributed by atoms with van der Waals surface area (Å²) >= 11 is 0. The van der Waals surface area contributed by atoms with Gasteiger partial charge in [0.05, 0.1) is 15.8 Å². The van der Waals surface area contributed by atoms with Gasteiger partial charge in [0.25, 0.3) is 0 Å². The van der Waals surface area contributed by atoms with Crippen molar-refractivity contribution in [1.29, 1.82) is 0 Å². The third-order valence-electron chi connectivity index (χ3n) is 11.0. The zero-order valence-corrected chi connectivity index (χ0v) is 26.0. The van der Waals surface area contributed by atoms with Crippen molar-refractivity contribution in [2.75, 3.05) is 5.75 Å². The minimum absolute atomic E-state index is 0.163. The average Bonchev–Trinajstić information content (AvgIpc) is 3.42. The Labute approximate surface area is 236 Å². The second kappa shape index (κ2) is 12.0. The van der Waals surface area contributed by atoms with E-state index in [4.69, 9.17) is 0 Å². The van der Waals surface area contributed by atoms with Crippen molar-refractivity contribution in [3.8, 4) is 0 Å². The first-order valence-electron chi connectivity index (χ1n) is 15.3. The van der Waals surface area contributed by atoms with Crippen molar-refractivity contribution >= 4 is 26.3 Å². The van der Waals surface area contributed by atoms with E-state index >= 15 is 0 Å². The topological polar surface area (TPSA) is 32.6 Å². The van der Waals surface area contributed by atoms with E-state index in [0.29, 0.717) is 15.9 Å². The summed E-state index contributed by atoms with van der Waals surface area (Å²) in [7, 11) is -0.163. The molecule has 3 saturated carbocycles. The summed E-state index contributed by atoms with van der Waals surface area (Å²) in [5, 5.41) is 11.2.